The van der Waals surface area contributed by atoms with Gasteiger partial charge < -0.3 is 14.4 Å². The molecular weight excluding hydrogens is 410 g/mol. The van der Waals surface area contributed by atoms with E-state index in [1.807, 2.05) is 36.0 Å². The van der Waals surface area contributed by atoms with Gasteiger partial charge in [-0.3, -0.25) is 14.4 Å². The Morgan fingerprint density at radius 2 is 1.97 bits per heavy atom. The average Bonchev–Trinajstić information content (AvgIpc) is 3.21. The Bertz CT molecular complexity index is 1160. The molecule has 0 aliphatic carbocycles. The van der Waals surface area contributed by atoms with Crippen LogP contribution in [-0.4, -0.2) is 52.6 Å². The second-order valence-corrected chi connectivity index (χ2v) is 7.99. The van der Waals surface area contributed by atoms with Crippen LogP contribution in [0.3, 0.4) is 0 Å². The number of carbonyl (C=O) groups is 2. The zero-order valence-corrected chi connectivity index (χ0v) is 17.8. The number of ether oxygens (including phenoxy) is 2. The van der Waals surface area contributed by atoms with Crippen molar-refractivity contribution in [3.05, 3.63) is 55.0 Å². The summed E-state index contributed by atoms with van der Waals surface area (Å²) in [6, 6.07) is 10.9. The number of aromatic nitrogens is 3. The van der Waals surface area contributed by atoms with E-state index >= 15 is 0 Å². The van der Waals surface area contributed by atoms with E-state index in [4.69, 9.17) is 9.47 Å². The van der Waals surface area contributed by atoms with E-state index in [0.717, 1.165) is 11.1 Å². The minimum atomic E-state index is -0.542. The number of carbonyl (C=O) groups excluding carboxylic acids is 2. The maximum absolute atomic E-state index is 13.1. The van der Waals surface area contributed by atoms with Gasteiger partial charge in [-0.15, -0.1) is 0 Å². The average molecular weight is 433 g/mol. The molecule has 9 heteroatoms. The number of rotatable bonds is 3. The van der Waals surface area contributed by atoms with Crippen LogP contribution in [0.25, 0.3) is 11.1 Å². The zero-order chi connectivity index (χ0) is 22.2. The molecule has 2 aliphatic heterocycles. The minimum absolute atomic E-state index is 0.0814. The first kappa shape index (κ1) is 20.2. The fourth-order valence-corrected chi connectivity index (χ4v) is 4.07. The number of anilines is 2. The molecule has 0 saturated carbocycles. The Kier molecular flexibility index (Phi) is 5.10. The molecule has 164 valence electrons. The fourth-order valence-electron chi connectivity index (χ4n) is 4.07. The summed E-state index contributed by atoms with van der Waals surface area (Å²) in [5.74, 6) is 0.142. The second-order valence-electron chi connectivity index (χ2n) is 7.99. The molecule has 2 aliphatic rings. The van der Waals surface area contributed by atoms with Crippen molar-refractivity contribution in [2.75, 3.05) is 29.6 Å². The number of fused-ring (bicyclic) bond motifs is 1. The van der Waals surface area contributed by atoms with Gasteiger partial charge >= 0.3 is 6.09 Å². The third-order valence-electron chi connectivity index (χ3n) is 5.73. The van der Waals surface area contributed by atoms with Crippen molar-refractivity contribution < 1.29 is 19.1 Å². The van der Waals surface area contributed by atoms with Crippen molar-refractivity contribution in [3.8, 4) is 17.0 Å². The molecule has 0 N–H and O–H groups in total. The Labute approximate surface area is 185 Å². The van der Waals surface area contributed by atoms with Crippen LogP contribution in [0.2, 0.25) is 0 Å². The number of benzene rings is 1. The number of hydrogen-bond donors (Lipinski definition) is 0. The van der Waals surface area contributed by atoms with Crippen molar-refractivity contribution in [2.45, 2.75) is 25.9 Å². The van der Waals surface area contributed by atoms with Crippen LogP contribution in [0.5, 0.6) is 5.88 Å². The van der Waals surface area contributed by atoms with E-state index in [1.165, 1.54) is 6.92 Å². The molecule has 1 fully saturated rings. The highest BCUT2D eigenvalue weighted by molar-refractivity contribution is 6.03. The summed E-state index contributed by atoms with van der Waals surface area (Å²) in [4.78, 5) is 32.8. The van der Waals surface area contributed by atoms with Crippen molar-refractivity contribution in [3.63, 3.8) is 0 Å². The van der Waals surface area contributed by atoms with Gasteiger partial charge in [-0.05, 0) is 30.7 Å². The smallest absolute Gasteiger partial charge is 0.391 e. The van der Waals surface area contributed by atoms with Crippen LogP contribution in [0.15, 0.2) is 55.0 Å². The molecule has 0 radical (unpaired) electrons. The third kappa shape index (κ3) is 3.60. The number of hydrogen-bond acceptors (Lipinski definition) is 6. The van der Waals surface area contributed by atoms with Gasteiger partial charge in [0.25, 0.3) is 0 Å². The summed E-state index contributed by atoms with van der Waals surface area (Å²) < 4.78 is 12.6. The molecule has 5 rings (SSSR count). The molecule has 4 heterocycles. The van der Waals surface area contributed by atoms with E-state index in [9.17, 15) is 9.59 Å². The maximum Gasteiger partial charge on any atom is 0.421 e. The molecule has 2 amide bonds. The number of nitrogens with zero attached hydrogens (tertiary/aromatic N) is 5. The van der Waals surface area contributed by atoms with E-state index in [1.54, 1.807) is 40.4 Å². The zero-order valence-electron chi connectivity index (χ0n) is 17.8. The van der Waals surface area contributed by atoms with Gasteiger partial charge in [-0.2, -0.15) is 5.10 Å². The summed E-state index contributed by atoms with van der Waals surface area (Å²) >= 11 is 0. The summed E-state index contributed by atoms with van der Waals surface area (Å²) in [5, 5.41) is 4.45. The standard InChI is InChI=1S/C23H23N5O4/c1-15-11-26(23(30)32-22-5-3-4-8-24-22)21-9-17(6-7-20(21)28(15)16(2)29)18-10-25-27(12-18)19-13-31-14-19/h3-10,12,15,19H,11,13-14H2,1-2H3. The monoisotopic (exact) mass is 433 g/mol. The van der Waals surface area contributed by atoms with Crippen molar-refractivity contribution in [2.24, 2.45) is 0 Å². The lowest BCUT2D eigenvalue weighted by atomic mass is 10.0. The highest BCUT2D eigenvalue weighted by Gasteiger charge is 2.35. The first-order valence-corrected chi connectivity index (χ1v) is 10.5. The molecule has 1 atom stereocenters. The van der Waals surface area contributed by atoms with Gasteiger partial charge in [0.15, 0.2) is 0 Å². The summed E-state index contributed by atoms with van der Waals surface area (Å²) in [7, 11) is 0. The van der Waals surface area contributed by atoms with E-state index in [-0.39, 0.29) is 23.9 Å². The molecule has 2 aromatic heterocycles. The fraction of sp³-hybridized carbons (Fsp3) is 0.304. The molecule has 1 saturated heterocycles. The Balaban J connectivity index is 1.51. The van der Waals surface area contributed by atoms with Crippen molar-refractivity contribution in [1.82, 2.24) is 14.8 Å². The van der Waals surface area contributed by atoms with Gasteiger partial charge in [-0.1, -0.05) is 12.1 Å². The van der Waals surface area contributed by atoms with E-state index in [2.05, 4.69) is 10.1 Å². The number of pyridine rings is 1. The van der Waals surface area contributed by atoms with Gasteiger partial charge in [0, 0.05) is 37.5 Å². The first-order chi connectivity index (χ1) is 15.5. The predicted octanol–water partition coefficient (Wildman–Crippen LogP) is 3.28. The van der Waals surface area contributed by atoms with Crippen LogP contribution in [0.1, 0.15) is 19.9 Å². The predicted molar refractivity (Wildman–Crippen MR) is 118 cm³/mol. The van der Waals surface area contributed by atoms with Crippen LogP contribution >= 0.6 is 0 Å². The molecule has 32 heavy (non-hydrogen) atoms. The molecule has 3 aromatic rings. The molecule has 0 bridgehead atoms. The molecule has 1 aromatic carbocycles. The van der Waals surface area contributed by atoms with E-state index in [0.29, 0.717) is 31.1 Å². The summed E-state index contributed by atoms with van der Waals surface area (Å²) in [5.41, 5.74) is 3.09. The topological polar surface area (TPSA) is 89.8 Å². The SMILES string of the molecule is CC(=O)N1c2ccc(-c3cnn(C4COC4)c3)cc2N(C(=O)Oc2ccccn2)CC1C. The van der Waals surface area contributed by atoms with Crippen LogP contribution in [0.4, 0.5) is 16.2 Å². The van der Waals surface area contributed by atoms with Crippen molar-refractivity contribution in [1.29, 1.82) is 0 Å². The Hall–Kier alpha value is -3.72. The highest BCUT2D eigenvalue weighted by Crippen LogP contribution is 2.39. The molecule has 9 nitrogen and oxygen atoms in total. The van der Waals surface area contributed by atoms with Gasteiger partial charge in [0.05, 0.1) is 42.9 Å². The maximum atomic E-state index is 13.1. The highest BCUT2D eigenvalue weighted by atomic mass is 16.6. The van der Waals surface area contributed by atoms with Gasteiger partial charge in [-0.25, -0.2) is 9.78 Å². The summed E-state index contributed by atoms with van der Waals surface area (Å²) in [6.45, 7) is 5.05. The lowest BCUT2D eigenvalue weighted by Gasteiger charge is -2.40. The minimum Gasteiger partial charge on any atom is -0.391 e. The number of amides is 2. The molecule has 1 unspecified atom stereocenters. The van der Waals surface area contributed by atoms with E-state index < -0.39 is 6.09 Å². The quantitative estimate of drug-likeness (QED) is 0.630. The van der Waals surface area contributed by atoms with Crippen molar-refractivity contribution >= 4 is 23.4 Å². The van der Waals surface area contributed by atoms with Gasteiger partial charge in [0.1, 0.15) is 0 Å². The molecule has 0 spiro atoms. The Morgan fingerprint density at radius 3 is 2.66 bits per heavy atom. The second kappa shape index (κ2) is 8.08. The summed E-state index contributed by atoms with van der Waals surface area (Å²) in [6.07, 6.45) is 4.79. The largest absolute Gasteiger partial charge is 0.421 e. The normalized spacial score (nSPS) is 18.1. The lowest BCUT2D eigenvalue weighted by molar-refractivity contribution is -0.117. The first-order valence-electron chi connectivity index (χ1n) is 10.5. The van der Waals surface area contributed by atoms with Crippen LogP contribution < -0.4 is 14.5 Å². The van der Waals surface area contributed by atoms with Crippen LogP contribution in [0, 0.1) is 0 Å². The van der Waals surface area contributed by atoms with Crippen LogP contribution in [-0.2, 0) is 9.53 Å². The molecular formula is C23H23N5O4. The van der Waals surface area contributed by atoms with Gasteiger partial charge in [0.2, 0.25) is 11.8 Å². The Morgan fingerprint density at radius 1 is 1.12 bits per heavy atom. The lowest BCUT2D eigenvalue weighted by Crippen LogP contribution is -2.52. The third-order valence-corrected chi connectivity index (χ3v) is 5.73.